The second-order valence-corrected chi connectivity index (χ2v) is 15.8. The van der Waals surface area contributed by atoms with Gasteiger partial charge in [0.05, 0.1) is 25.6 Å². The highest BCUT2D eigenvalue weighted by atomic mass is 32.9. The number of amides is 1. The number of hydrogen-bond donors (Lipinski definition) is 3. The molecule has 4 atom stereocenters. The number of ether oxygens (including phenoxy) is 1. The molecule has 0 bridgehead atoms. The maximum Gasteiger partial charge on any atom is 0.256 e. The summed E-state index contributed by atoms with van der Waals surface area (Å²) in [6, 6.07) is 25.4. The summed E-state index contributed by atoms with van der Waals surface area (Å²) in [5.74, 6) is -0.0214. The van der Waals surface area contributed by atoms with Gasteiger partial charge in [0.25, 0.3) is 5.91 Å². The Morgan fingerprint density at radius 1 is 1.02 bits per heavy atom. The number of nitrogens with one attached hydrogen (secondary N) is 1. The average molecular weight is 646 g/mol. The topological polar surface area (TPSA) is 121 Å². The number of anilines is 1. The van der Waals surface area contributed by atoms with E-state index in [1.54, 1.807) is 35.2 Å². The van der Waals surface area contributed by atoms with Crippen LogP contribution < -0.4 is 5.32 Å². The molecule has 1 fully saturated rings. The van der Waals surface area contributed by atoms with Gasteiger partial charge in [0.15, 0.2) is 17.0 Å². The summed E-state index contributed by atoms with van der Waals surface area (Å²) in [5.41, 5.74) is 3.08. The lowest BCUT2D eigenvalue weighted by Crippen LogP contribution is -2.26. The largest absolute Gasteiger partial charge is 0.394 e. The van der Waals surface area contributed by atoms with Crippen molar-refractivity contribution in [3.05, 3.63) is 108 Å². The number of fused-ring (bicyclic) bond motifs is 4. The quantitative estimate of drug-likeness (QED) is 0.136. The van der Waals surface area contributed by atoms with Crippen LogP contribution in [0.15, 0.2) is 91.5 Å². The second-order valence-electron chi connectivity index (χ2n) is 10.5. The lowest BCUT2D eigenvalue weighted by molar-refractivity contribution is -0.0391. The molecule has 10 nitrogen and oxygen atoms in total. The van der Waals surface area contributed by atoms with Crippen molar-refractivity contribution in [2.75, 3.05) is 18.5 Å². The molecule has 44 heavy (non-hydrogen) atoms. The molecule has 1 saturated heterocycles. The van der Waals surface area contributed by atoms with E-state index in [2.05, 4.69) is 56.8 Å². The van der Waals surface area contributed by atoms with Gasteiger partial charge in [-0.2, -0.15) is 0 Å². The molecule has 0 saturated carbocycles. The zero-order valence-corrected chi connectivity index (χ0v) is 25.9. The Morgan fingerprint density at radius 3 is 2.41 bits per heavy atom. The van der Waals surface area contributed by atoms with Crippen molar-refractivity contribution < 1.29 is 23.7 Å². The van der Waals surface area contributed by atoms with Crippen LogP contribution in [0.5, 0.6) is 0 Å². The summed E-state index contributed by atoms with van der Waals surface area (Å²) in [4.78, 5) is 25.8. The third-order valence-electron chi connectivity index (χ3n) is 7.93. The average Bonchev–Trinajstić information content (AvgIpc) is 3.74. The molecule has 224 valence electrons. The van der Waals surface area contributed by atoms with Gasteiger partial charge in [-0.1, -0.05) is 79.0 Å². The van der Waals surface area contributed by atoms with Gasteiger partial charge in [-0.3, -0.25) is 9.36 Å². The number of carbonyl (C=O) groups is 1. The molecule has 3 heterocycles. The predicted molar refractivity (Wildman–Crippen MR) is 173 cm³/mol. The summed E-state index contributed by atoms with van der Waals surface area (Å²) < 4.78 is 20.4. The standard InChI is InChI=1S/C31H28N5O5PS2/c37-15-26-25(41-42(43,44)39-16-24-22-12-6-4-10-20(22)21-11-5-7-13-23(21)24)14-27(40-26)36-18-34-28-29(32-17-33-30(28)36)35-31(38)19-8-2-1-3-9-19/h1-13,17-18,24-27,37H,14-16H2,(H,43,44)(H,32,33,35,38)/t25-,26+,27+/m0/s1. The van der Waals surface area contributed by atoms with Crippen molar-refractivity contribution in [1.82, 2.24) is 19.5 Å². The van der Waals surface area contributed by atoms with E-state index in [4.69, 9.17) is 25.6 Å². The normalized spacial score (nSPS) is 20.7. The highest BCUT2D eigenvalue weighted by Gasteiger charge is 2.40. The van der Waals surface area contributed by atoms with E-state index in [9.17, 15) is 9.90 Å². The smallest absolute Gasteiger partial charge is 0.256 e. The van der Waals surface area contributed by atoms with Gasteiger partial charge in [-0.05, 0) is 46.2 Å². The van der Waals surface area contributed by atoms with E-state index in [0.717, 1.165) is 0 Å². The first kappa shape index (κ1) is 29.2. The van der Waals surface area contributed by atoms with Crippen LogP contribution in [0.2, 0.25) is 0 Å². The first-order chi connectivity index (χ1) is 21.4. The lowest BCUT2D eigenvalue weighted by Gasteiger charge is -2.25. The van der Waals surface area contributed by atoms with Crippen LogP contribution in [-0.2, 0) is 25.6 Å². The molecule has 1 aliphatic heterocycles. The Labute approximate surface area is 263 Å². The van der Waals surface area contributed by atoms with Crippen LogP contribution in [0.25, 0.3) is 22.3 Å². The summed E-state index contributed by atoms with van der Waals surface area (Å²) in [6.45, 7) is 0.0316. The minimum absolute atomic E-state index is 0.00950. The zero-order chi connectivity index (χ0) is 30.3. The number of hydrogen-bond acceptors (Lipinski definition) is 9. The third kappa shape index (κ3) is 5.59. The molecule has 13 heteroatoms. The second kappa shape index (κ2) is 12.1. The van der Waals surface area contributed by atoms with Crippen LogP contribution in [0.1, 0.15) is 40.1 Å². The number of imidazole rings is 1. The summed E-state index contributed by atoms with van der Waals surface area (Å²) in [7, 11) is 0. The number of thiol groups is 1. The molecule has 0 radical (unpaired) electrons. The van der Waals surface area contributed by atoms with Gasteiger partial charge < -0.3 is 24.2 Å². The maximum absolute atomic E-state index is 12.7. The Bertz CT molecular complexity index is 1840. The number of nitrogens with zero attached hydrogens (tertiary/aromatic N) is 4. The fourth-order valence-corrected chi connectivity index (χ4v) is 7.92. The molecule has 1 aliphatic carbocycles. The molecular formula is C31H28N5O5PS2. The molecule has 2 aromatic heterocycles. The fraction of sp³-hybridized carbons (Fsp3) is 0.226. The molecule has 1 unspecified atom stereocenters. The van der Waals surface area contributed by atoms with Crippen LogP contribution in [-0.4, -0.2) is 56.0 Å². The zero-order valence-electron chi connectivity index (χ0n) is 23.3. The minimum Gasteiger partial charge on any atom is -0.394 e. The fourth-order valence-electron chi connectivity index (χ4n) is 5.88. The number of benzene rings is 3. The SMILES string of the molecule is O=C(Nc1ncnc2c1ncn2[C@H]1C[C@H](OP(=S)(S)OCC2c3ccccc3-c3ccccc32)[C@@H](CO)O1)c1ccccc1. The van der Waals surface area contributed by atoms with Gasteiger partial charge in [0, 0.05) is 17.9 Å². The van der Waals surface area contributed by atoms with Crippen molar-refractivity contribution >= 4 is 52.6 Å². The van der Waals surface area contributed by atoms with Gasteiger partial charge >= 0.3 is 0 Å². The highest BCUT2D eigenvalue weighted by Crippen LogP contribution is 2.58. The maximum atomic E-state index is 12.7. The number of aromatic nitrogens is 4. The summed E-state index contributed by atoms with van der Waals surface area (Å²) >= 11 is 10.4. The third-order valence-corrected chi connectivity index (χ3v) is 10.1. The number of aliphatic hydroxyl groups is 1. The molecule has 0 spiro atoms. The van der Waals surface area contributed by atoms with Crippen molar-refractivity contribution in [2.45, 2.75) is 30.8 Å². The van der Waals surface area contributed by atoms with Crippen LogP contribution in [0.3, 0.4) is 0 Å². The van der Waals surface area contributed by atoms with E-state index in [1.165, 1.54) is 28.6 Å². The first-order valence-electron chi connectivity index (χ1n) is 14.1. The number of carbonyl (C=O) groups excluding carboxylic acids is 1. The Balaban J connectivity index is 1.05. The molecular weight excluding hydrogens is 617 g/mol. The first-order valence-corrected chi connectivity index (χ1v) is 17.8. The van der Waals surface area contributed by atoms with Crippen molar-refractivity contribution in [3.63, 3.8) is 0 Å². The van der Waals surface area contributed by atoms with Gasteiger partial charge in [-0.15, -0.1) is 0 Å². The van der Waals surface area contributed by atoms with Crippen LogP contribution in [0, 0.1) is 0 Å². The van der Waals surface area contributed by atoms with E-state index in [0.29, 0.717) is 29.8 Å². The Hall–Kier alpha value is -3.48. The van der Waals surface area contributed by atoms with Crippen LogP contribution in [0.4, 0.5) is 5.82 Å². The van der Waals surface area contributed by atoms with Crippen LogP contribution >= 0.6 is 17.9 Å². The van der Waals surface area contributed by atoms with Crippen molar-refractivity contribution in [1.29, 1.82) is 0 Å². The van der Waals surface area contributed by atoms with E-state index < -0.39 is 24.1 Å². The monoisotopic (exact) mass is 645 g/mol. The number of rotatable bonds is 9. The number of aliphatic hydroxyl groups excluding tert-OH is 1. The minimum atomic E-state index is -3.03. The molecule has 3 aromatic carbocycles. The molecule has 1 amide bonds. The van der Waals surface area contributed by atoms with Crippen molar-refractivity contribution in [3.8, 4) is 11.1 Å². The van der Waals surface area contributed by atoms with Gasteiger partial charge in [0.2, 0.25) is 5.69 Å². The van der Waals surface area contributed by atoms with Crippen molar-refractivity contribution in [2.24, 2.45) is 0 Å². The molecule has 2 aliphatic rings. The van der Waals surface area contributed by atoms with Gasteiger partial charge in [0.1, 0.15) is 18.7 Å². The van der Waals surface area contributed by atoms with Gasteiger partial charge in [-0.25, -0.2) is 15.0 Å². The van der Waals surface area contributed by atoms with E-state index >= 15 is 0 Å². The van der Waals surface area contributed by atoms with E-state index in [1.807, 2.05) is 30.3 Å². The highest BCUT2D eigenvalue weighted by molar-refractivity contribution is 8.60. The Kier molecular flexibility index (Phi) is 8.06. The van der Waals surface area contributed by atoms with E-state index in [-0.39, 0.29) is 24.2 Å². The molecule has 2 N–H and O–H groups in total. The molecule has 5 aromatic rings. The lowest BCUT2D eigenvalue weighted by atomic mass is 9.98. The Morgan fingerprint density at radius 2 is 1.70 bits per heavy atom. The molecule has 7 rings (SSSR count). The predicted octanol–water partition coefficient (Wildman–Crippen LogP) is 5.73. The summed E-state index contributed by atoms with van der Waals surface area (Å²) in [5, 5.41) is 13.0. The summed E-state index contributed by atoms with van der Waals surface area (Å²) in [6.07, 6.45) is 1.47.